The zero-order valence-electron chi connectivity index (χ0n) is 18.0. The number of fused-ring (bicyclic) bond motifs is 1. The number of phenols is 1. The monoisotopic (exact) mass is 529 g/mol. The number of phenolic OH excluding ortho intramolecular Hbond substituents is 1. The Morgan fingerprint density at radius 2 is 1.65 bits per heavy atom. The summed E-state index contributed by atoms with van der Waals surface area (Å²) in [6, 6.07) is 27.1. The third kappa shape index (κ3) is 5.32. The summed E-state index contributed by atoms with van der Waals surface area (Å²) < 4.78 is 7.14. The van der Waals surface area contributed by atoms with Crippen LogP contribution in [-0.4, -0.2) is 15.1 Å². The first-order chi connectivity index (χ1) is 16.6. The van der Waals surface area contributed by atoms with Crippen molar-refractivity contribution in [2.24, 2.45) is 0 Å². The van der Waals surface area contributed by atoms with Crippen LogP contribution in [0.5, 0.6) is 11.5 Å². The van der Waals surface area contributed by atoms with Crippen LogP contribution in [0.4, 0.5) is 11.4 Å². The first-order valence-electron chi connectivity index (χ1n) is 10.6. The molecule has 0 aliphatic carbocycles. The predicted molar refractivity (Wildman–Crippen MR) is 140 cm³/mol. The van der Waals surface area contributed by atoms with E-state index in [1.54, 1.807) is 36.3 Å². The second-order valence-corrected chi connectivity index (χ2v) is 9.56. The van der Waals surface area contributed by atoms with E-state index in [0.717, 1.165) is 42.3 Å². The van der Waals surface area contributed by atoms with Crippen LogP contribution in [0.1, 0.15) is 5.56 Å². The maximum atomic E-state index is 9.62. The molecular weight excluding hydrogens is 510 g/mol. The summed E-state index contributed by atoms with van der Waals surface area (Å²) >= 11 is 5.07. The third-order valence-corrected chi connectivity index (χ3v) is 6.73. The fourth-order valence-electron chi connectivity index (χ4n) is 3.41. The van der Waals surface area contributed by atoms with Crippen molar-refractivity contribution >= 4 is 50.1 Å². The molecule has 2 aromatic heterocycles. The highest BCUT2D eigenvalue weighted by molar-refractivity contribution is 9.10. The van der Waals surface area contributed by atoms with Gasteiger partial charge in [0.2, 0.25) is 0 Å². The van der Waals surface area contributed by atoms with E-state index in [9.17, 15) is 5.11 Å². The lowest BCUT2D eigenvalue weighted by molar-refractivity contribution is 0.306. The van der Waals surface area contributed by atoms with Gasteiger partial charge in [-0.05, 0) is 72.3 Å². The average molecular weight is 530 g/mol. The molecule has 7 heteroatoms. The molecule has 0 aliphatic heterocycles. The van der Waals surface area contributed by atoms with Crippen LogP contribution in [-0.2, 0) is 6.61 Å². The van der Waals surface area contributed by atoms with Gasteiger partial charge in [0.15, 0.2) is 5.65 Å². The summed E-state index contributed by atoms with van der Waals surface area (Å²) in [6.07, 6.45) is 3.49. The lowest BCUT2D eigenvalue weighted by atomic mass is 10.2. The van der Waals surface area contributed by atoms with Crippen LogP contribution < -0.4 is 10.1 Å². The molecule has 5 rings (SSSR count). The Balaban J connectivity index is 1.46. The largest absolute Gasteiger partial charge is 0.508 e. The fraction of sp³-hybridized carbons (Fsp3) is 0.0370. The van der Waals surface area contributed by atoms with Crippen molar-refractivity contribution < 1.29 is 9.84 Å². The molecule has 0 spiro atoms. The van der Waals surface area contributed by atoms with Crippen LogP contribution in [0.25, 0.3) is 11.0 Å². The highest BCUT2D eigenvalue weighted by atomic mass is 79.9. The Morgan fingerprint density at radius 3 is 2.47 bits per heavy atom. The van der Waals surface area contributed by atoms with Gasteiger partial charge in [-0.3, -0.25) is 0 Å². The number of nitrogens with one attached hydrogen (secondary N) is 1. The Labute approximate surface area is 210 Å². The van der Waals surface area contributed by atoms with Gasteiger partial charge in [0.05, 0.1) is 11.4 Å². The summed E-state index contributed by atoms with van der Waals surface area (Å²) in [7, 11) is 0. The van der Waals surface area contributed by atoms with Crippen molar-refractivity contribution in [2.45, 2.75) is 16.4 Å². The van der Waals surface area contributed by atoms with Crippen molar-refractivity contribution in [3.05, 3.63) is 107 Å². The van der Waals surface area contributed by atoms with E-state index in [4.69, 9.17) is 4.74 Å². The highest BCUT2D eigenvalue weighted by Gasteiger charge is 2.11. The second-order valence-electron chi connectivity index (χ2n) is 7.53. The lowest BCUT2D eigenvalue weighted by Gasteiger charge is -2.16. The third-order valence-electron chi connectivity index (χ3n) is 5.12. The normalized spacial score (nSPS) is 10.9. The number of nitrogens with zero attached hydrogens (tertiary/aromatic N) is 2. The minimum Gasteiger partial charge on any atom is -0.508 e. The highest BCUT2D eigenvalue weighted by Crippen LogP contribution is 2.38. The number of aromatic nitrogens is 2. The quantitative estimate of drug-likeness (QED) is 0.226. The van der Waals surface area contributed by atoms with Crippen molar-refractivity contribution in [1.29, 1.82) is 0 Å². The van der Waals surface area contributed by atoms with E-state index < -0.39 is 0 Å². The number of hydrogen-bond acceptors (Lipinski definition) is 6. The van der Waals surface area contributed by atoms with Gasteiger partial charge in [-0.25, -0.2) is 9.97 Å². The fourth-order valence-corrected chi connectivity index (χ4v) is 4.56. The number of halogens is 1. The van der Waals surface area contributed by atoms with E-state index in [1.807, 2.05) is 72.8 Å². The topological polar surface area (TPSA) is 67.3 Å². The van der Waals surface area contributed by atoms with E-state index in [-0.39, 0.29) is 5.75 Å². The van der Waals surface area contributed by atoms with Crippen LogP contribution >= 0.6 is 27.7 Å². The summed E-state index contributed by atoms with van der Waals surface area (Å²) in [6.45, 7) is 0.472. The molecule has 0 atom stereocenters. The van der Waals surface area contributed by atoms with Gasteiger partial charge in [0, 0.05) is 38.1 Å². The van der Waals surface area contributed by atoms with Gasteiger partial charge in [0.25, 0.3) is 0 Å². The van der Waals surface area contributed by atoms with Gasteiger partial charge < -0.3 is 15.2 Å². The van der Waals surface area contributed by atoms with Crippen LogP contribution in [0.2, 0.25) is 0 Å². The predicted octanol–water partition coefficient (Wildman–Crippen LogP) is 7.57. The van der Waals surface area contributed by atoms with Crippen LogP contribution in [0.3, 0.4) is 0 Å². The molecule has 2 heterocycles. The van der Waals surface area contributed by atoms with Crippen LogP contribution in [0.15, 0.2) is 112 Å². The van der Waals surface area contributed by atoms with Gasteiger partial charge in [0.1, 0.15) is 18.1 Å². The number of anilines is 2. The molecule has 0 saturated heterocycles. The molecule has 0 fully saturated rings. The number of rotatable bonds is 7. The maximum absolute atomic E-state index is 9.62. The van der Waals surface area contributed by atoms with Gasteiger partial charge in [-0.2, -0.15) is 0 Å². The van der Waals surface area contributed by atoms with Crippen molar-refractivity contribution in [3.8, 4) is 11.5 Å². The number of aromatic hydroxyl groups is 1. The molecule has 5 aromatic rings. The van der Waals surface area contributed by atoms with Gasteiger partial charge in [-0.1, -0.05) is 39.8 Å². The maximum Gasteiger partial charge on any atom is 0.161 e. The van der Waals surface area contributed by atoms with Crippen LogP contribution in [0, 0.1) is 0 Å². The van der Waals surface area contributed by atoms with Gasteiger partial charge in [-0.15, -0.1) is 0 Å². The van der Waals surface area contributed by atoms with Crippen molar-refractivity contribution in [1.82, 2.24) is 9.97 Å². The number of ether oxygens (including phenoxy) is 1. The summed E-state index contributed by atoms with van der Waals surface area (Å²) in [5.74, 6) is 1.01. The molecule has 168 valence electrons. The molecule has 0 radical (unpaired) electrons. The first kappa shape index (κ1) is 22.3. The summed E-state index contributed by atoms with van der Waals surface area (Å²) in [5.41, 5.74) is 3.59. The van der Waals surface area contributed by atoms with E-state index in [1.165, 1.54) is 0 Å². The molecule has 34 heavy (non-hydrogen) atoms. The molecule has 0 saturated carbocycles. The molecule has 3 aromatic carbocycles. The van der Waals surface area contributed by atoms with E-state index >= 15 is 0 Å². The minimum absolute atomic E-state index is 0.246. The first-order valence-corrected chi connectivity index (χ1v) is 12.2. The minimum atomic E-state index is 0.246. The Bertz CT molecular complexity index is 1420. The Hall–Kier alpha value is -3.55. The summed E-state index contributed by atoms with van der Waals surface area (Å²) in [4.78, 5) is 10.8. The SMILES string of the molecule is Oc1ccc(Sc2ccc(OCc3ccc(Br)cc3)cc2Nc2ccnc3ncccc23)cc1. The molecule has 0 unspecified atom stereocenters. The zero-order chi connectivity index (χ0) is 23.3. The second kappa shape index (κ2) is 10.2. The number of benzene rings is 3. The molecule has 2 N–H and O–H groups in total. The lowest BCUT2D eigenvalue weighted by Crippen LogP contribution is -1.98. The molecule has 0 bridgehead atoms. The number of hydrogen-bond donors (Lipinski definition) is 2. The molecule has 0 amide bonds. The summed E-state index contributed by atoms with van der Waals surface area (Å²) in [5, 5.41) is 14.1. The smallest absolute Gasteiger partial charge is 0.161 e. The van der Waals surface area contributed by atoms with E-state index in [0.29, 0.717) is 12.3 Å². The van der Waals surface area contributed by atoms with Crippen molar-refractivity contribution in [3.63, 3.8) is 0 Å². The molecule has 5 nitrogen and oxygen atoms in total. The molecular formula is C27H20BrN3O2S. The number of pyridine rings is 2. The van der Waals surface area contributed by atoms with Crippen molar-refractivity contribution in [2.75, 3.05) is 5.32 Å². The molecule has 0 aliphatic rings. The average Bonchev–Trinajstić information content (AvgIpc) is 2.86. The van der Waals surface area contributed by atoms with Gasteiger partial charge >= 0.3 is 0 Å². The Kier molecular flexibility index (Phi) is 6.65. The Morgan fingerprint density at radius 1 is 0.853 bits per heavy atom. The zero-order valence-corrected chi connectivity index (χ0v) is 20.4. The standard InChI is InChI=1S/C27H20BrN3O2S/c28-19-5-3-18(4-6-19)17-33-21-9-12-26(34-22-10-7-20(32)8-11-22)25(16-21)31-24-13-15-30-27-23(24)2-1-14-29-27/h1-16,32H,17H2,(H,29,30,31). The van der Waals surface area contributed by atoms with E-state index in [2.05, 4.69) is 31.2 Å².